The van der Waals surface area contributed by atoms with E-state index in [-0.39, 0.29) is 6.42 Å². The fourth-order valence-electron chi connectivity index (χ4n) is 2.30. The van der Waals surface area contributed by atoms with Crippen LogP contribution in [-0.2, 0) is 22.4 Å². The standard InChI is InChI=1S/C18H19FN2O3/c19-14-8-6-13(7-9-14)11-16(18(23)24)21-17(22)15(20)10-12-4-2-1-3-5-12/h1-9,15-16H,10-11,20H2,(H,21,22)(H,23,24)/t15-,16-/m0/s1. The van der Waals surface area contributed by atoms with Crippen LogP contribution in [0.3, 0.4) is 0 Å². The fraction of sp³-hybridized carbons (Fsp3) is 0.222. The third-order valence-corrected chi connectivity index (χ3v) is 3.60. The lowest BCUT2D eigenvalue weighted by Crippen LogP contribution is -2.50. The van der Waals surface area contributed by atoms with Crippen LogP contribution in [0.4, 0.5) is 4.39 Å². The lowest BCUT2D eigenvalue weighted by molar-refractivity contribution is -0.141. The Morgan fingerprint density at radius 1 is 1.00 bits per heavy atom. The molecule has 5 nitrogen and oxygen atoms in total. The number of carbonyl (C=O) groups is 2. The van der Waals surface area contributed by atoms with Crippen molar-refractivity contribution in [1.29, 1.82) is 0 Å². The molecule has 0 radical (unpaired) electrons. The molecule has 0 saturated heterocycles. The molecule has 0 aliphatic rings. The summed E-state index contributed by atoms with van der Waals surface area (Å²) in [6.45, 7) is 0. The van der Waals surface area contributed by atoms with Crippen LogP contribution in [0.2, 0.25) is 0 Å². The van der Waals surface area contributed by atoms with Crippen molar-refractivity contribution in [2.45, 2.75) is 24.9 Å². The second kappa shape index (κ2) is 8.21. The summed E-state index contributed by atoms with van der Waals surface area (Å²) in [7, 11) is 0. The summed E-state index contributed by atoms with van der Waals surface area (Å²) in [5, 5.41) is 11.7. The molecule has 2 aromatic rings. The average molecular weight is 330 g/mol. The molecular weight excluding hydrogens is 311 g/mol. The van der Waals surface area contributed by atoms with Gasteiger partial charge in [-0.15, -0.1) is 0 Å². The molecule has 0 fully saturated rings. The molecule has 0 bridgehead atoms. The van der Waals surface area contributed by atoms with Crippen LogP contribution in [0, 0.1) is 5.82 Å². The lowest BCUT2D eigenvalue weighted by atomic mass is 10.0. The molecule has 0 heterocycles. The Balaban J connectivity index is 1.97. The zero-order valence-corrected chi connectivity index (χ0v) is 13.0. The van der Waals surface area contributed by atoms with Gasteiger partial charge in [0.2, 0.25) is 5.91 Å². The third kappa shape index (κ3) is 5.17. The van der Waals surface area contributed by atoms with Gasteiger partial charge in [0.15, 0.2) is 0 Å². The number of carboxylic acid groups (broad SMARTS) is 1. The summed E-state index contributed by atoms with van der Waals surface area (Å²) in [6, 6.07) is 12.7. The van der Waals surface area contributed by atoms with Crippen molar-refractivity contribution in [3.63, 3.8) is 0 Å². The number of halogens is 1. The third-order valence-electron chi connectivity index (χ3n) is 3.60. The molecule has 1 amide bonds. The predicted octanol–water partition coefficient (Wildman–Crippen LogP) is 1.51. The van der Waals surface area contributed by atoms with Crippen LogP contribution in [-0.4, -0.2) is 29.1 Å². The van der Waals surface area contributed by atoms with Gasteiger partial charge < -0.3 is 16.2 Å². The maximum atomic E-state index is 12.9. The maximum Gasteiger partial charge on any atom is 0.326 e. The summed E-state index contributed by atoms with van der Waals surface area (Å²) in [6.07, 6.45) is 0.370. The van der Waals surface area contributed by atoms with Gasteiger partial charge in [-0.3, -0.25) is 4.79 Å². The highest BCUT2D eigenvalue weighted by atomic mass is 19.1. The first kappa shape index (κ1) is 17.6. The van der Waals surface area contributed by atoms with E-state index in [1.165, 1.54) is 24.3 Å². The molecule has 0 unspecified atom stereocenters. The number of hydrogen-bond acceptors (Lipinski definition) is 3. The zero-order chi connectivity index (χ0) is 17.5. The summed E-state index contributed by atoms with van der Waals surface area (Å²) < 4.78 is 12.9. The Labute approximate surface area is 139 Å². The molecule has 0 spiro atoms. The average Bonchev–Trinajstić information content (AvgIpc) is 2.56. The Morgan fingerprint density at radius 3 is 2.17 bits per heavy atom. The van der Waals surface area contributed by atoms with E-state index in [4.69, 9.17) is 5.73 Å². The first-order valence-electron chi connectivity index (χ1n) is 7.53. The second-order valence-electron chi connectivity index (χ2n) is 5.53. The van der Waals surface area contributed by atoms with Crippen molar-refractivity contribution in [3.05, 3.63) is 71.5 Å². The minimum Gasteiger partial charge on any atom is -0.480 e. The number of benzene rings is 2. The molecule has 0 aliphatic carbocycles. The van der Waals surface area contributed by atoms with E-state index in [0.29, 0.717) is 12.0 Å². The van der Waals surface area contributed by atoms with Crippen LogP contribution in [0.1, 0.15) is 11.1 Å². The first-order valence-corrected chi connectivity index (χ1v) is 7.53. The van der Waals surface area contributed by atoms with Gasteiger partial charge in [0.25, 0.3) is 0 Å². The largest absolute Gasteiger partial charge is 0.480 e. The molecule has 2 aromatic carbocycles. The van der Waals surface area contributed by atoms with Crippen molar-refractivity contribution < 1.29 is 19.1 Å². The van der Waals surface area contributed by atoms with E-state index < -0.39 is 29.8 Å². The quantitative estimate of drug-likeness (QED) is 0.717. The van der Waals surface area contributed by atoms with Crippen molar-refractivity contribution >= 4 is 11.9 Å². The van der Waals surface area contributed by atoms with Gasteiger partial charge in [0.1, 0.15) is 11.9 Å². The van der Waals surface area contributed by atoms with E-state index >= 15 is 0 Å². The molecule has 2 rings (SSSR count). The fourth-order valence-corrected chi connectivity index (χ4v) is 2.30. The highest BCUT2D eigenvalue weighted by Crippen LogP contribution is 2.07. The van der Waals surface area contributed by atoms with E-state index in [1.54, 1.807) is 0 Å². The van der Waals surface area contributed by atoms with Gasteiger partial charge in [0.05, 0.1) is 6.04 Å². The summed E-state index contributed by atoms with van der Waals surface area (Å²) in [5.41, 5.74) is 7.36. The molecule has 24 heavy (non-hydrogen) atoms. The van der Waals surface area contributed by atoms with Gasteiger partial charge in [-0.05, 0) is 29.7 Å². The Hall–Kier alpha value is -2.73. The topological polar surface area (TPSA) is 92.4 Å². The monoisotopic (exact) mass is 330 g/mol. The minimum atomic E-state index is -1.17. The second-order valence-corrected chi connectivity index (χ2v) is 5.53. The van der Waals surface area contributed by atoms with Crippen molar-refractivity contribution in [3.8, 4) is 0 Å². The summed E-state index contributed by atoms with van der Waals surface area (Å²) >= 11 is 0. The van der Waals surface area contributed by atoms with E-state index in [1.807, 2.05) is 30.3 Å². The number of rotatable bonds is 7. The normalized spacial score (nSPS) is 13.1. The smallest absolute Gasteiger partial charge is 0.326 e. The lowest BCUT2D eigenvalue weighted by Gasteiger charge is -2.18. The van der Waals surface area contributed by atoms with Crippen molar-refractivity contribution in [2.24, 2.45) is 5.73 Å². The number of carbonyl (C=O) groups excluding carboxylic acids is 1. The number of nitrogens with two attached hydrogens (primary N) is 1. The van der Waals surface area contributed by atoms with Gasteiger partial charge in [0, 0.05) is 6.42 Å². The van der Waals surface area contributed by atoms with Crippen LogP contribution in [0.5, 0.6) is 0 Å². The molecule has 126 valence electrons. The number of aliphatic carboxylic acids is 1. The van der Waals surface area contributed by atoms with Gasteiger partial charge in [-0.25, -0.2) is 9.18 Å². The maximum absolute atomic E-state index is 12.9. The number of nitrogens with one attached hydrogen (secondary N) is 1. The van der Waals surface area contributed by atoms with Gasteiger partial charge in [-0.2, -0.15) is 0 Å². The van der Waals surface area contributed by atoms with Crippen LogP contribution >= 0.6 is 0 Å². The molecule has 0 saturated carbocycles. The van der Waals surface area contributed by atoms with Crippen LogP contribution in [0.15, 0.2) is 54.6 Å². The molecular formula is C18H19FN2O3. The first-order chi connectivity index (χ1) is 11.5. The SMILES string of the molecule is N[C@@H](Cc1ccccc1)C(=O)N[C@@H](Cc1ccc(F)cc1)C(=O)O. The minimum absolute atomic E-state index is 0.0550. The van der Waals surface area contributed by atoms with Crippen LogP contribution in [0.25, 0.3) is 0 Å². The Bertz CT molecular complexity index is 689. The van der Waals surface area contributed by atoms with Gasteiger partial charge >= 0.3 is 5.97 Å². The number of hydrogen-bond donors (Lipinski definition) is 3. The molecule has 4 N–H and O–H groups in total. The van der Waals surface area contributed by atoms with E-state index in [2.05, 4.69) is 5.32 Å². The Kier molecular flexibility index (Phi) is 6.03. The Morgan fingerprint density at radius 2 is 1.58 bits per heavy atom. The molecule has 0 aromatic heterocycles. The highest BCUT2D eigenvalue weighted by Gasteiger charge is 2.23. The van der Waals surface area contributed by atoms with E-state index in [0.717, 1.165) is 5.56 Å². The summed E-state index contributed by atoms with van der Waals surface area (Å²) in [4.78, 5) is 23.5. The highest BCUT2D eigenvalue weighted by molar-refractivity contribution is 5.87. The molecule has 0 aliphatic heterocycles. The molecule has 6 heteroatoms. The predicted molar refractivity (Wildman–Crippen MR) is 87.8 cm³/mol. The number of carboxylic acids is 1. The number of amides is 1. The van der Waals surface area contributed by atoms with Crippen LogP contribution < -0.4 is 11.1 Å². The van der Waals surface area contributed by atoms with Crippen molar-refractivity contribution in [1.82, 2.24) is 5.32 Å². The summed E-state index contributed by atoms with van der Waals surface area (Å²) in [5.74, 6) is -2.10. The van der Waals surface area contributed by atoms with Gasteiger partial charge in [-0.1, -0.05) is 42.5 Å². The zero-order valence-electron chi connectivity index (χ0n) is 13.0. The van der Waals surface area contributed by atoms with E-state index in [9.17, 15) is 19.1 Å². The molecule has 2 atom stereocenters. The van der Waals surface area contributed by atoms with Crippen molar-refractivity contribution in [2.75, 3.05) is 0 Å².